The number of carbonyl (C=O) groups is 2. The minimum Gasteiger partial charge on any atom is -0.391 e. The number of likely N-dealkylation sites (tertiary alicyclic amines) is 1. The Bertz CT molecular complexity index is 363. The molecule has 2 aliphatic heterocycles. The molecule has 7 heteroatoms. The normalized spacial score (nSPS) is 34.7. The number of likely N-dealkylation sites (N-methyl/N-ethyl adjacent to an activating group) is 1. The SMILES string of the molecule is CCNC1COCC1C(=O)N1CC(O)CC1C(N)=O. The molecule has 0 saturated carbocycles. The molecule has 19 heavy (non-hydrogen) atoms. The zero-order chi connectivity index (χ0) is 14.0. The summed E-state index contributed by atoms with van der Waals surface area (Å²) in [5.41, 5.74) is 5.29. The van der Waals surface area contributed by atoms with Crippen molar-refractivity contribution in [1.29, 1.82) is 0 Å². The molecule has 4 atom stereocenters. The van der Waals surface area contributed by atoms with E-state index in [9.17, 15) is 14.7 Å². The Morgan fingerprint density at radius 3 is 2.84 bits per heavy atom. The Balaban J connectivity index is 2.07. The fraction of sp³-hybridized carbons (Fsp3) is 0.833. The summed E-state index contributed by atoms with van der Waals surface area (Å²) < 4.78 is 5.34. The van der Waals surface area contributed by atoms with Crippen LogP contribution in [0.2, 0.25) is 0 Å². The van der Waals surface area contributed by atoms with Gasteiger partial charge in [0.1, 0.15) is 6.04 Å². The molecule has 0 aromatic rings. The van der Waals surface area contributed by atoms with E-state index in [-0.39, 0.29) is 30.8 Å². The number of nitrogens with one attached hydrogen (secondary N) is 1. The van der Waals surface area contributed by atoms with Crippen LogP contribution in [-0.4, -0.2) is 66.3 Å². The van der Waals surface area contributed by atoms with Crippen molar-refractivity contribution in [3.63, 3.8) is 0 Å². The molecule has 0 radical (unpaired) electrons. The number of β-amino-alcohol motifs (C(OH)–C–C–N with tert-alkyl or cyclic N) is 1. The van der Waals surface area contributed by atoms with E-state index in [4.69, 9.17) is 10.5 Å². The number of primary amides is 1. The zero-order valence-electron chi connectivity index (χ0n) is 11.0. The smallest absolute Gasteiger partial charge is 0.240 e. The van der Waals surface area contributed by atoms with Gasteiger partial charge in [0.05, 0.1) is 25.2 Å². The molecule has 2 fully saturated rings. The van der Waals surface area contributed by atoms with Crippen LogP contribution in [-0.2, 0) is 14.3 Å². The lowest BCUT2D eigenvalue weighted by Crippen LogP contribution is -2.50. The molecule has 2 heterocycles. The molecule has 2 aliphatic rings. The Hall–Kier alpha value is -1.18. The maximum Gasteiger partial charge on any atom is 0.240 e. The number of ether oxygens (including phenoxy) is 1. The van der Waals surface area contributed by atoms with Gasteiger partial charge in [-0.15, -0.1) is 0 Å². The third-order valence-electron chi connectivity index (χ3n) is 3.75. The summed E-state index contributed by atoms with van der Waals surface area (Å²) in [6, 6.07) is -0.742. The maximum absolute atomic E-state index is 12.5. The van der Waals surface area contributed by atoms with Crippen LogP contribution in [0.15, 0.2) is 0 Å². The van der Waals surface area contributed by atoms with Crippen LogP contribution in [0.3, 0.4) is 0 Å². The fourth-order valence-electron chi connectivity index (χ4n) is 2.80. The lowest BCUT2D eigenvalue weighted by molar-refractivity contribution is -0.141. The van der Waals surface area contributed by atoms with E-state index in [1.54, 1.807) is 0 Å². The highest BCUT2D eigenvalue weighted by molar-refractivity contribution is 5.88. The van der Waals surface area contributed by atoms with Crippen LogP contribution in [0.5, 0.6) is 0 Å². The number of hydrogen-bond donors (Lipinski definition) is 3. The summed E-state index contributed by atoms with van der Waals surface area (Å²) in [6.45, 7) is 3.71. The number of aliphatic hydroxyl groups is 1. The van der Waals surface area contributed by atoms with Gasteiger partial charge in [0.15, 0.2) is 0 Å². The molecule has 0 aromatic carbocycles. The first-order chi connectivity index (χ1) is 9.04. The summed E-state index contributed by atoms with van der Waals surface area (Å²) in [5, 5.41) is 12.8. The van der Waals surface area contributed by atoms with Crippen LogP contribution < -0.4 is 11.1 Å². The molecule has 4 unspecified atom stereocenters. The Labute approximate surface area is 112 Å². The highest BCUT2D eigenvalue weighted by atomic mass is 16.5. The first-order valence-electron chi connectivity index (χ1n) is 6.63. The summed E-state index contributed by atoms with van der Waals surface area (Å²) in [7, 11) is 0. The topological polar surface area (TPSA) is 105 Å². The van der Waals surface area contributed by atoms with Crippen LogP contribution in [0, 0.1) is 5.92 Å². The monoisotopic (exact) mass is 271 g/mol. The Kier molecular flexibility index (Phi) is 4.38. The summed E-state index contributed by atoms with van der Waals surface area (Å²) in [5.74, 6) is -1.04. The van der Waals surface area contributed by atoms with Crippen LogP contribution in [0.1, 0.15) is 13.3 Å². The molecular formula is C12H21N3O4. The van der Waals surface area contributed by atoms with Gasteiger partial charge in [-0.3, -0.25) is 9.59 Å². The number of rotatable bonds is 4. The van der Waals surface area contributed by atoms with Crippen molar-refractivity contribution in [2.75, 3.05) is 26.3 Å². The molecule has 0 bridgehead atoms. The summed E-state index contributed by atoms with van der Waals surface area (Å²) in [6.07, 6.45) is -0.457. The second-order valence-electron chi connectivity index (χ2n) is 5.11. The third kappa shape index (κ3) is 2.88. The van der Waals surface area contributed by atoms with E-state index in [0.717, 1.165) is 6.54 Å². The number of carbonyl (C=O) groups excluding carboxylic acids is 2. The quantitative estimate of drug-likeness (QED) is 0.551. The van der Waals surface area contributed by atoms with Crippen LogP contribution in [0.25, 0.3) is 0 Å². The predicted octanol–water partition coefficient (Wildman–Crippen LogP) is -1.94. The van der Waals surface area contributed by atoms with Crippen molar-refractivity contribution in [1.82, 2.24) is 10.2 Å². The fourth-order valence-corrected chi connectivity index (χ4v) is 2.80. The van der Waals surface area contributed by atoms with E-state index in [2.05, 4.69) is 5.32 Å². The first-order valence-corrected chi connectivity index (χ1v) is 6.63. The van der Waals surface area contributed by atoms with Crippen molar-refractivity contribution in [2.24, 2.45) is 11.7 Å². The molecule has 4 N–H and O–H groups in total. The lowest BCUT2D eigenvalue weighted by atomic mass is 10.0. The molecular weight excluding hydrogens is 250 g/mol. The van der Waals surface area contributed by atoms with Gasteiger partial charge in [0.2, 0.25) is 11.8 Å². The van der Waals surface area contributed by atoms with Crippen molar-refractivity contribution in [2.45, 2.75) is 31.5 Å². The second kappa shape index (κ2) is 5.85. The van der Waals surface area contributed by atoms with Gasteiger partial charge in [0, 0.05) is 19.0 Å². The number of hydrogen-bond acceptors (Lipinski definition) is 5. The summed E-state index contributed by atoms with van der Waals surface area (Å²) in [4.78, 5) is 25.2. The van der Waals surface area contributed by atoms with Crippen molar-refractivity contribution >= 4 is 11.8 Å². The molecule has 2 amide bonds. The number of nitrogens with two attached hydrogens (primary N) is 1. The largest absolute Gasteiger partial charge is 0.391 e. The first kappa shape index (κ1) is 14.2. The Morgan fingerprint density at radius 2 is 2.21 bits per heavy atom. The second-order valence-corrected chi connectivity index (χ2v) is 5.11. The molecule has 0 spiro atoms. The number of nitrogens with zero attached hydrogens (tertiary/aromatic N) is 1. The maximum atomic E-state index is 12.5. The molecule has 0 aliphatic carbocycles. The van der Waals surface area contributed by atoms with Gasteiger partial charge in [-0.2, -0.15) is 0 Å². The van der Waals surface area contributed by atoms with E-state index in [1.807, 2.05) is 6.92 Å². The molecule has 108 valence electrons. The van der Waals surface area contributed by atoms with Gasteiger partial charge >= 0.3 is 0 Å². The predicted molar refractivity (Wildman–Crippen MR) is 67.1 cm³/mol. The Morgan fingerprint density at radius 1 is 1.47 bits per heavy atom. The molecule has 7 nitrogen and oxygen atoms in total. The highest BCUT2D eigenvalue weighted by Gasteiger charge is 2.43. The van der Waals surface area contributed by atoms with Gasteiger partial charge < -0.3 is 25.8 Å². The van der Waals surface area contributed by atoms with Gasteiger partial charge in [-0.1, -0.05) is 6.92 Å². The van der Waals surface area contributed by atoms with Gasteiger partial charge in [-0.25, -0.2) is 0 Å². The highest BCUT2D eigenvalue weighted by Crippen LogP contribution is 2.24. The standard InChI is InChI=1S/C12H21N3O4/c1-2-14-9-6-19-5-8(9)12(18)15-4-7(16)3-10(15)11(13)17/h7-10,14,16H,2-6H2,1H3,(H2,13,17). The van der Waals surface area contributed by atoms with Crippen molar-refractivity contribution < 1.29 is 19.4 Å². The number of amides is 2. The molecule has 2 saturated heterocycles. The minimum absolute atomic E-state index is 0.0382. The van der Waals surface area contributed by atoms with E-state index in [0.29, 0.717) is 13.2 Å². The van der Waals surface area contributed by atoms with Gasteiger partial charge in [0.25, 0.3) is 0 Å². The molecule has 0 aromatic heterocycles. The zero-order valence-corrected chi connectivity index (χ0v) is 11.0. The minimum atomic E-state index is -0.703. The van der Waals surface area contributed by atoms with E-state index < -0.39 is 18.1 Å². The molecule has 2 rings (SSSR count). The van der Waals surface area contributed by atoms with Gasteiger partial charge in [-0.05, 0) is 6.54 Å². The van der Waals surface area contributed by atoms with E-state index >= 15 is 0 Å². The number of aliphatic hydroxyl groups excluding tert-OH is 1. The lowest BCUT2D eigenvalue weighted by Gasteiger charge is -2.27. The summed E-state index contributed by atoms with van der Waals surface area (Å²) >= 11 is 0. The van der Waals surface area contributed by atoms with Crippen molar-refractivity contribution in [3.05, 3.63) is 0 Å². The average Bonchev–Trinajstić information content (AvgIpc) is 2.95. The van der Waals surface area contributed by atoms with Crippen LogP contribution >= 0.6 is 0 Å². The van der Waals surface area contributed by atoms with Crippen molar-refractivity contribution in [3.8, 4) is 0 Å². The third-order valence-corrected chi connectivity index (χ3v) is 3.75. The van der Waals surface area contributed by atoms with E-state index in [1.165, 1.54) is 4.90 Å². The van der Waals surface area contributed by atoms with Crippen LogP contribution in [0.4, 0.5) is 0 Å². The average molecular weight is 271 g/mol.